The highest BCUT2D eigenvalue weighted by Crippen LogP contribution is 2.22. The van der Waals surface area contributed by atoms with Crippen molar-refractivity contribution in [2.24, 2.45) is 0 Å². The summed E-state index contributed by atoms with van der Waals surface area (Å²) in [7, 11) is 0.823. The van der Waals surface area contributed by atoms with Gasteiger partial charge < -0.3 is 0 Å². The van der Waals surface area contributed by atoms with Crippen LogP contribution in [0.2, 0.25) is 0 Å². The normalized spacial score (nSPS) is 11.9. The molecule has 1 atom stereocenters. The van der Waals surface area contributed by atoms with Crippen molar-refractivity contribution in [3.05, 3.63) is 28.8 Å². The standard InChI is InChI=1S/C13H22NP/c1-6-14(7-2)15-13-11(4)8-10(3)9-12(13)5/h8-9,15H,6-7H2,1-5H3. The Bertz CT molecular complexity index is 306. The van der Waals surface area contributed by atoms with Crippen LogP contribution in [0.15, 0.2) is 12.1 Å². The van der Waals surface area contributed by atoms with E-state index in [4.69, 9.17) is 0 Å². The molecule has 84 valence electrons. The van der Waals surface area contributed by atoms with Gasteiger partial charge in [-0.1, -0.05) is 31.5 Å². The fourth-order valence-electron chi connectivity index (χ4n) is 1.90. The summed E-state index contributed by atoms with van der Waals surface area (Å²) in [5, 5.41) is 1.53. The van der Waals surface area contributed by atoms with E-state index in [0.717, 1.165) is 21.8 Å². The molecular formula is C13H22NP. The van der Waals surface area contributed by atoms with Crippen LogP contribution in [0.25, 0.3) is 0 Å². The third kappa shape index (κ3) is 3.29. The quantitative estimate of drug-likeness (QED) is 0.709. The first-order valence-electron chi connectivity index (χ1n) is 5.67. The summed E-state index contributed by atoms with van der Waals surface area (Å²) >= 11 is 0. The number of nitrogens with zero attached hydrogens (tertiary/aromatic N) is 1. The summed E-state index contributed by atoms with van der Waals surface area (Å²) in [5.41, 5.74) is 4.26. The van der Waals surface area contributed by atoms with Crippen molar-refractivity contribution in [2.45, 2.75) is 34.6 Å². The molecule has 0 aromatic heterocycles. The predicted molar refractivity (Wildman–Crippen MR) is 71.5 cm³/mol. The molecule has 0 fully saturated rings. The second-order valence-electron chi connectivity index (χ2n) is 4.06. The molecule has 2 heteroatoms. The highest BCUT2D eigenvalue weighted by atomic mass is 31.1. The van der Waals surface area contributed by atoms with E-state index in [9.17, 15) is 0 Å². The van der Waals surface area contributed by atoms with E-state index in [1.54, 1.807) is 0 Å². The first-order valence-corrected chi connectivity index (χ1v) is 6.62. The molecule has 0 aliphatic carbocycles. The van der Waals surface area contributed by atoms with Crippen molar-refractivity contribution < 1.29 is 0 Å². The van der Waals surface area contributed by atoms with Crippen LogP contribution in [0, 0.1) is 20.8 Å². The van der Waals surface area contributed by atoms with Crippen LogP contribution in [0.3, 0.4) is 0 Å². The van der Waals surface area contributed by atoms with Crippen molar-refractivity contribution in [3.8, 4) is 0 Å². The fourth-order valence-corrected chi connectivity index (χ4v) is 3.03. The van der Waals surface area contributed by atoms with Gasteiger partial charge in [0.05, 0.1) is 0 Å². The Kier molecular flexibility index (Phi) is 4.76. The van der Waals surface area contributed by atoms with Gasteiger partial charge in [-0.05, 0) is 59.0 Å². The van der Waals surface area contributed by atoms with E-state index in [1.807, 2.05) is 0 Å². The van der Waals surface area contributed by atoms with Crippen LogP contribution in [-0.4, -0.2) is 17.8 Å². The van der Waals surface area contributed by atoms with E-state index in [1.165, 1.54) is 22.0 Å². The van der Waals surface area contributed by atoms with Crippen LogP contribution in [0.4, 0.5) is 0 Å². The van der Waals surface area contributed by atoms with Gasteiger partial charge in [-0.3, -0.25) is 4.67 Å². The first-order chi connectivity index (χ1) is 7.08. The third-order valence-electron chi connectivity index (χ3n) is 2.71. The van der Waals surface area contributed by atoms with Crippen molar-refractivity contribution in [1.82, 2.24) is 4.67 Å². The molecule has 1 aromatic carbocycles. The lowest BCUT2D eigenvalue weighted by Gasteiger charge is -2.21. The number of benzene rings is 1. The molecule has 0 spiro atoms. The third-order valence-corrected chi connectivity index (χ3v) is 4.67. The molecule has 0 heterocycles. The molecule has 0 radical (unpaired) electrons. The lowest BCUT2D eigenvalue weighted by molar-refractivity contribution is 0.519. The number of hydrogen-bond acceptors (Lipinski definition) is 1. The topological polar surface area (TPSA) is 3.24 Å². The smallest absolute Gasteiger partial charge is 0.000707 e. The van der Waals surface area contributed by atoms with Crippen LogP contribution in [0.5, 0.6) is 0 Å². The molecule has 0 aliphatic heterocycles. The van der Waals surface area contributed by atoms with Gasteiger partial charge in [0.1, 0.15) is 0 Å². The summed E-state index contributed by atoms with van der Waals surface area (Å²) in [5.74, 6) is 0. The Labute approximate surface area is 95.7 Å². The van der Waals surface area contributed by atoms with E-state index in [-0.39, 0.29) is 0 Å². The Balaban J connectivity index is 2.94. The van der Waals surface area contributed by atoms with Gasteiger partial charge in [0.2, 0.25) is 0 Å². The molecule has 0 saturated heterocycles. The average molecular weight is 223 g/mol. The lowest BCUT2D eigenvalue weighted by atomic mass is 10.1. The number of hydrogen-bond donors (Lipinski definition) is 0. The number of aryl methyl sites for hydroxylation is 3. The minimum Gasteiger partial charge on any atom is -0.281 e. The monoisotopic (exact) mass is 223 g/mol. The Morgan fingerprint density at radius 1 is 1.00 bits per heavy atom. The maximum absolute atomic E-state index is 2.49. The first kappa shape index (κ1) is 12.7. The minimum atomic E-state index is 0.823. The Morgan fingerprint density at radius 2 is 1.47 bits per heavy atom. The van der Waals surface area contributed by atoms with E-state index in [0.29, 0.717) is 0 Å². The molecular weight excluding hydrogens is 201 g/mol. The van der Waals surface area contributed by atoms with Gasteiger partial charge in [-0.2, -0.15) is 0 Å². The zero-order valence-electron chi connectivity index (χ0n) is 10.5. The van der Waals surface area contributed by atoms with Crippen molar-refractivity contribution in [1.29, 1.82) is 0 Å². The predicted octanol–water partition coefficient (Wildman–Crippen LogP) is 3.17. The fraction of sp³-hybridized carbons (Fsp3) is 0.538. The van der Waals surface area contributed by atoms with Gasteiger partial charge in [0, 0.05) is 0 Å². The average Bonchev–Trinajstić information content (AvgIpc) is 2.17. The maximum Gasteiger partial charge on any atom is -0.000707 e. The molecule has 0 amide bonds. The van der Waals surface area contributed by atoms with E-state index in [2.05, 4.69) is 51.4 Å². The van der Waals surface area contributed by atoms with Gasteiger partial charge in [0.15, 0.2) is 0 Å². The van der Waals surface area contributed by atoms with Crippen LogP contribution in [0.1, 0.15) is 30.5 Å². The van der Waals surface area contributed by atoms with Gasteiger partial charge in [-0.15, -0.1) is 0 Å². The van der Waals surface area contributed by atoms with Crippen LogP contribution in [-0.2, 0) is 0 Å². The number of rotatable bonds is 4. The molecule has 1 nitrogen and oxygen atoms in total. The minimum absolute atomic E-state index is 0.823. The SMILES string of the molecule is CCN(CC)Pc1c(C)cc(C)cc1C. The van der Waals surface area contributed by atoms with Gasteiger partial charge in [-0.25, -0.2) is 0 Å². The van der Waals surface area contributed by atoms with Crippen molar-refractivity contribution in [3.63, 3.8) is 0 Å². The van der Waals surface area contributed by atoms with Crippen molar-refractivity contribution >= 4 is 14.0 Å². The molecule has 1 aromatic rings. The van der Waals surface area contributed by atoms with Gasteiger partial charge >= 0.3 is 0 Å². The van der Waals surface area contributed by atoms with Crippen LogP contribution < -0.4 is 5.30 Å². The highest BCUT2D eigenvalue weighted by molar-refractivity contribution is 7.44. The highest BCUT2D eigenvalue weighted by Gasteiger charge is 2.07. The Hall–Kier alpha value is -0.390. The zero-order chi connectivity index (χ0) is 11.4. The van der Waals surface area contributed by atoms with E-state index >= 15 is 0 Å². The molecule has 0 saturated carbocycles. The summed E-state index contributed by atoms with van der Waals surface area (Å²) in [6.07, 6.45) is 0. The van der Waals surface area contributed by atoms with Crippen molar-refractivity contribution in [2.75, 3.05) is 13.1 Å². The summed E-state index contributed by atoms with van der Waals surface area (Å²) in [6.45, 7) is 13.4. The summed E-state index contributed by atoms with van der Waals surface area (Å²) < 4.78 is 2.49. The van der Waals surface area contributed by atoms with Crippen LogP contribution >= 0.6 is 8.73 Å². The maximum atomic E-state index is 2.49. The lowest BCUT2D eigenvalue weighted by Crippen LogP contribution is -2.19. The molecule has 0 N–H and O–H groups in total. The summed E-state index contributed by atoms with van der Waals surface area (Å²) in [4.78, 5) is 0. The molecule has 0 bridgehead atoms. The molecule has 1 rings (SSSR count). The Morgan fingerprint density at radius 3 is 1.87 bits per heavy atom. The second kappa shape index (κ2) is 5.63. The largest absolute Gasteiger partial charge is 0.281 e. The van der Waals surface area contributed by atoms with Gasteiger partial charge in [0.25, 0.3) is 0 Å². The molecule has 15 heavy (non-hydrogen) atoms. The zero-order valence-corrected chi connectivity index (χ0v) is 11.5. The van der Waals surface area contributed by atoms with E-state index < -0.39 is 0 Å². The molecule has 0 aliphatic rings. The second-order valence-corrected chi connectivity index (χ2v) is 5.41. The summed E-state index contributed by atoms with van der Waals surface area (Å²) in [6, 6.07) is 4.58. The molecule has 1 unspecified atom stereocenters.